The van der Waals surface area contributed by atoms with Crippen LogP contribution in [0.1, 0.15) is 41.1 Å². The number of rotatable bonds is 2. The molecule has 106 valence electrons. The molecule has 0 aliphatic carbocycles. The lowest BCUT2D eigenvalue weighted by Gasteiger charge is -2.16. The van der Waals surface area contributed by atoms with Crippen molar-refractivity contribution in [2.45, 2.75) is 53.1 Å². The van der Waals surface area contributed by atoms with Crippen LogP contribution in [0.25, 0.3) is 11.3 Å². The van der Waals surface area contributed by atoms with Crippen LogP contribution in [0.4, 0.5) is 0 Å². The Balaban J connectivity index is 2.22. The van der Waals surface area contributed by atoms with Crippen LogP contribution in [0.5, 0.6) is 0 Å². The molecule has 2 aromatic rings. The lowest BCUT2D eigenvalue weighted by molar-refractivity contribution is 0.508. The molecule has 0 unspecified atom stereocenters. The van der Waals surface area contributed by atoms with Gasteiger partial charge in [0.05, 0.1) is 11.4 Å². The first kappa shape index (κ1) is 13.4. The predicted octanol–water partition coefficient (Wildman–Crippen LogP) is 3.27. The van der Waals surface area contributed by atoms with Crippen LogP contribution in [0, 0.1) is 20.8 Å². The van der Waals surface area contributed by atoms with Crippen LogP contribution in [0.15, 0.2) is 12.1 Å². The van der Waals surface area contributed by atoms with Gasteiger partial charge in [0, 0.05) is 25.1 Å². The molecular weight excluding hydrogens is 246 g/mol. The van der Waals surface area contributed by atoms with Crippen LogP contribution in [-0.4, -0.2) is 9.55 Å². The Labute approximate surface area is 120 Å². The average molecular weight is 269 g/mol. The first-order chi connectivity index (χ1) is 9.61. The summed E-state index contributed by atoms with van der Waals surface area (Å²) in [5, 5.41) is 0. The zero-order chi connectivity index (χ0) is 14.3. The zero-order valence-corrected chi connectivity index (χ0v) is 12.7. The molecule has 0 fully saturated rings. The highest BCUT2D eigenvalue weighted by atomic mass is 15.1. The van der Waals surface area contributed by atoms with Crippen LogP contribution in [-0.2, 0) is 19.5 Å². The van der Waals surface area contributed by atoms with Gasteiger partial charge in [0.15, 0.2) is 0 Å². The van der Waals surface area contributed by atoms with E-state index < -0.39 is 0 Å². The Hall–Kier alpha value is -1.61. The Kier molecular flexibility index (Phi) is 3.38. The fourth-order valence-corrected chi connectivity index (χ4v) is 3.51. The molecule has 0 saturated carbocycles. The molecule has 0 radical (unpaired) electrons. The molecule has 3 heteroatoms. The number of nitrogens with zero attached hydrogens (tertiary/aromatic N) is 2. The number of hydrogen-bond acceptors (Lipinski definition) is 2. The van der Waals surface area contributed by atoms with E-state index in [0.717, 1.165) is 18.7 Å². The second-order valence-electron chi connectivity index (χ2n) is 5.91. The third kappa shape index (κ3) is 2.06. The summed E-state index contributed by atoms with van der Waals surface area (Å²) in [6.07, 6.45) is 3.56. The van der Waals surface area contributed by atoms with E-state index in [1.807, 2.05) is 0 Å². The van der Waals surface area contributed by atoms with Gasteiger partial charge >= 0.3 is 0 Å². The fourth-order valence-electron chi connectivity index (χ4n) is 3.51. The molecule has 20 heavy (non-hydrogen) atoms. The van der Waals surface area contributed by atoms with E-state index in [1.54, 1.807) is 0 Å². The molecule has 1 aliphatic heterocycles. The molecule has 3 nitrogen and oxygen atoms in total. The van der Waals surface area contributed by atoms with Gasteiger partial charge in [-0.05, 0) is 44.7 Å². The minimum Gasteiger partial charge on any atom is -0.330 e. The van der Waals surface area contributed by atoms with Gasteiger partial charge in [-0.15, -0.1) is 0 Å². The summed E-state index contributed by atoms with van der Waals surface area (Å²) < 4.78 is 2.34. The van der Waals surface area contributed by atoms with E-state index in [4.69, 9.17) is 10.7 Å². The monoisotopic (exact) mass is 269 g/mol. The third-order valence-electron chi connectivity index (χ3n) is 4.29. The number of imidazole rings is 1. The van der Waals surface area contributed by atoms with Crippen molar-refractivity contribution in [3.05, 3.63) is 40.3 Å². The van der Waals surface area contributed by atoms with Crippen LogP contribution >= 0.6 is 0 Å². The summed E-state index contributed by atoms with van der Waals surface area (Å²) in [5.74, 6) is 1.21. The van der Waals surface area contributed by atoms with E-state index in [1.165, 1.54) is 46.6 Å². The molecule has 0 spiro atoms. The van der Waals surface area contributed by atoms with E-state index >= 15 is 0 Å². The van der Waals surface area contributed by atoms with Gasteiger partial charge in [-0.25, -0.2) is 4.98 Å². The maximum atomic E-state index is 6.03. The first-order valence-electron chi connectivity index (χ1n) is 7.48. The van der Waals surface area contributed by atoms with Crippen LogP contribution in [0.2, 0.25) is 0 Å². The van der Waals surface area contributed by atoms with E-state index in [2.05, 4.69) is 37.5 Å². The minimum absolute atomic E-state index is 0.565. The van der Waals surface area contributed by atoms with Gasteiger partial charge in [0.2, 0.25) is 0 Å². The summed E-state index contributed by atoms with van der Waals surface area (Å²) in [6.45, 7) is 8.13. The van der Waals surface area contributed by atoms with Gasteiger partial charge < -0.3 is 10.3 Å². The summed E-state index contributed by atoms with van der Waals surface area (Å²) in [7, 11) is 0. The molecule has 1 aromatic carbocycles. The Bertz CT molecular complexity index is 629. The smallest absolute Gasteiger partial charge is 0.109 e. The van der Waals surface area contributed by atoms with E-state index in [-0.39, 0.29) is 0 Å². The highest BCUT2D eigenvalue weighted by molar-refractivity contribution is 5.70. The van der Waals surface area contributed by atoms with Crippen LogP contribution < -0.4 is 5.73 Å². The van der Waals surface area contributed by atoms with Gasteiger partial charge in [-0.2, -0.15) is 0 Å². The topological polar surface area (TPSA) is 43.8 Å². The second-order valence-corrected chi connectivity index (χ2v) is 5.91. The van der Waals surface area contributed by atoms with Crippen LogP contribution in [0.3, 0.4) is 0 Å². The molecule has 0 bridgehead atoms. The first-order valence-corrected chi connectivity index (χ1v) is 7.48. The van der Waals surface area contributed by atoms with Crippen molar-refractivity contribution in [3.8, 4) is 11.3 Å². The fraction of sp³-hybridized carbons (Fsp3) is 0.471. The Morgan fingerprint density at radius 3 is 2.50 bits per heavy atom. The molecule has 2 heterocycles. The SMILES string of the molecule is Cc1cc(C)c(-c2nc3n(c2CN)CCCC3)c(C)c1. The number of aromatic nitrogens is 2. The summed E-state index contributed by atoms with van der Waals surface area (Å²) in [5.41, 5.74) is 13.5. The molecule has 0 saturated heterocycles. The largest absolute Gasteiger partial charge is 0.330 e. The highest BCUT2D eigenvalue weighted by Gasteiger charge is 2.21. The normalized spacial score (nSPS) is 14.4. The van der Waals surface area contributed by atoms with Crippen molar-refractivity contribution >= 4 is 0 Å². The maximum Gasteiger partial charge on any atom is 0.109 e. The van der Waals surface area contributed by atoms with Gasteiger partial charge in [-0.3, -0.25) is 0 Å². The van der Waals surface area contributed by atoms with Crippen molar-refractivity contribution in [2.75, 3.05) is 0 Å². The van der Waals surface area contributed by atoms with Crippen molar-refractivity contribution < 1.29 is 0 Å². The van der Waals surface area contributed by atoms with Crippen molar-refractivity contribution in [1.82, 2.24) is 9.55 Å². The Morgan fingerprint density at radius 2 is 1.85 bits per heavy atom. The maximum absolute atomic E-state index is 6.03. The Morgan fingerprint density at radius 1 is 1.15 bits per heavy atom. The lowest BCUT2D eigenvalue weighted by Crippen LogP contribution is -2.15. The zero-order valence-electron chi connectivity index (χ0n) is 12.7. The standard InChI is InChI=1S/C17H23N3/c1-11-8-12(2)16(13(3)9-11)17-14(10-18)20-7-5-4-6-15(20)19-17/h8-9H,4-7,10,18H2,1-3H3. The number of hydrogen-bond donors (Lipinski definition) is 1. The molecule has 0 atom stereocenters. The summed E-state index contributed by atoms with van der Waals surface area (Å²) in [6, 6.07) is 4.47. The summed E-state index contributed by atoms with van der Waals surface area (Å²) >= 11 is 0. The molecule has 1 aliphatic rings. The van der Waals surface area contributed by atoms with Gasteiger partial charge in [0.25, 0.3) is 0 Å². The lowest BCUT2D eigenvalue weighted by atomic mass is 9.96. The quantitative estimate of drug-likeness (QED) is 0.909. The van der Waals surface area contributed by atoms with Gasteiger partial charge in [-0.1, -0.05) is 17.7 Å². The molecule has 0 amide bonds. The number of fused-ring (bicyclic) bond motifs is 1. The molecule has 2 N–H and O–H groups in total. The summed E-state index contributed by atoms with van der Waals surface area (Å²) in [4.78, 5) is 4.93. The molecule has 3 rings (SSSR count). The van der Waals surface area contributed by atoms with E-state index in [0.29, 0.717) is 6.54 Å². The highest BCUT2D eigenvalue weighted by Crippen LogP contribution is 2.32. The van der Waals surface area contributed by atoms with Crippen molar-refractivity contribution in [3.63, 3.8) is 0 Å². The van der Waals surface area contributed by atoms with Gasteiger partial charge in [0.1, 0.15) is 5.82 Å². The minimum atomic E-state index is 0.565. The number of aryl methyl sites for hydroxylation is 4. The van der Waals surface area contributed by atoms with Crippen molar-refractivity contribution in [1.29, 1.82) is 0 Å². The predicted molar refractivity (Wildman–Crippen MR) is 82.7 cm³/mol. The number of benzene rings is 1. The van der Waals surface area contributed by atoms with Crippen molar-refractivity contribution in [2.24, 2.45) is 5.73 Å². The van der Waals surface area contributed by atoms with E-state index in [9.17, 15) is 0 Å². The molecule has 1 aromatic heterocycles. The molecular formula is C17H23N3. The number of nitrogens with two attached hydrogens (primary N) is 1. The third-order valence-corrected chi connectivity index (χ3v) is 4.29. The second kappa shape index (κ2) is 5.06. The average Bonchev–Trinajstić information content (AvgIpc) is 2.75.